The lowest BCUT2D eigenvalue weighted by Crippen LogP contribution is -2.14. The fourth-order valence-electron chi connectivity index (χ4n) is 0.426. The molecule has 0 aliphatic rings. The molecule has 0 spiro atoms. The molecule has 0 saturated carbocycles. The highest BCUT2D eigenvalue weighted by molar-refractivity contribution is 6.26. The fourth-order valence-corrected chi connectivity index (χ4v) is 0.489. The van der Waals surface area contributed by atoms with Gasteiger partial charge in [0.1, 0.15) is 12.0 Å². The molecule has 10 heavy (non-hydrogen) atoms. The first kappa shape index (κ1) is 9.25. The SMILES string of the molecule is CC(CC#N)OC(=O)CCl. The Morgan fingerprint density at radius 2 is 2.50 bits per heavy atom. The van der Waals surface area contributed by atoms with E-state index in [1.807, 2.05) is 6.07 Å². The van der Waals surface area contributed by atoms with Crippen LogP contribution in [0.1, 0.15) is 13.3 Å². The molecule has 0 aliphatic heterocycles. The van der Waals surface area contributed by atoms with Crippen LogP contribution in [0, 0.1) is 11.3 Å². The molecule has 0 aromatic carbocycles. The van der Waals surface area contributed by atoms with Gasteiger partial charge in [-0.15, -0.1) is 11.6 Å². The summed E-state index contributed by atoms with van der Waals surface area (Å²) in [6.45, 7) is 1.65. The summed E-state index contributed by atoms with van der Waals surface area (Å²) < 4.78 is 4.65. The molecule has 0 heterocycles. The first-order chi connectivity index (χ1) is 4.70. The second kappa shape index (κ2) is 5.07. The van der Waals surface area contributed by atoms with Crippen LogP contribution in [0.3, 0.4) is 0 Å². The summed E-state index contributed by atoms with van der Waals surface area (Å²) in [6.07, 6.45) is -0.140. The van der Waals surface area contributed by atoms with Gasteiger partial charge in [0.25, 0.3) is 0 Å². The van der Waals surface area contributed by atoms with Gasteiger partial charge in [0, 0.05) is 0 Å². The maximum absolute atomic E-state index is 10.4. The van der Waals surface area contributed by atoms with E-state index in [1.165, 1.54) is 0 Å². The van der Waals surface area contributed by atoms with Gasteiger partial charge in [-0.25, -0.2) is 0 Å². The van der Waals surface area contributed by atoms with Gasteiger partial charge in [-0.2, -0.15) is 5.26 Å². The van der Waals surface area contributed by atoms with Crippen molar-refractivity contribution in [1.29, 1.82) is 5.26 Å². The highest BCUT2D eigenvalue weighted by Gasteiger charge is 2.06. The number of ether oxygens (including phenoxy) is 1. The molecule has 0 rings (SSSR count). The first-order valence-corrected chi connectivity index (χ1v) is 3.36. The van der Waals surface area contributed by atoms with Crippen LogP contribution in [0.2, 0.25) is 0 Å². The molecule has 3 nitrogen and oxygen atoms in total. The molecule has 0 amide bonds. The Kier molecular flexibility index (Phi) is 4.69. The van der Waals surface area contributed by atoms with Crippen LogP contribution in [0.4, 0.5) is 0 Å². The first-order valence-electron chi connectivity index (χ1n) is 2.83. The van der Waals surface area contributed by atoms with Crippen LogP contribution in [-0.4, -0.2) is 18.0 Å². The van der Waals surface area contributed by atoms with Crippen molar-refractivity contribution >= 4 is 17.6 Å². The molecular weight excluding hydrogens is 154 g/mol. The summed E-state index contributed by atoms with van der Waals surface area (Å²) in [6, 6.07) is 1.88. The van der Waals surface area contributed by atoms with Crippen molar-refractivity contribution in [2.45, 2.75) is 19.4 Å². The van der Waals surface area contributed by atoms with E-state index < -0.39 is 5.97 Å². The Bertz CT molecular complexity index is 152. The van der Waals surface area contributed by atoms with Crippen LogP contribution in [0.15, 0.2) is 0 Å². The standard InChI is InChI=1S/C6H8ClNO2/c1-5(2-3-8)10-6(9)4-7/h5H,2,4H2,1H3. The zero-order chi connectivity index (χ0) is 7.98. The zero-order valence-corrected chi connectivity index (χ0v) is 6.39. The van der Waals surface area contributed by atoms with Crippen molar-refractivity contribution in [2.75, 3.05) is 5.88 Å². The summed E-state index contributed by atoms with van der Waals surface area (Å²) in [5.74, 6) is -0.639. The predicted octanol–water partition coefficient (Wildman–Crippen LogP) is 1.07. The van der Waals surface area contributed by atoms with Crippen molar-refractivity contribution in [1.82, 2.24) is 0 Å². The minimum absolute atomic E-state index is 0.157. The van der Waals surface area contributed by atoms with Gasteiger partial charge in [-0.1, -0.05) is 0 Å². The summed E-state index contributed by atoms with van der Waals surface area (Å²) in [7, 11) is 0. The number of nitriles is 1. The van der Waals surface area contributed by atoms with Gasteiger partial charge >= 0.3 is 5.97 Å². The van der Waals surface area contributed by atoms with Crippen molar-refractivity contribution in [3.63, 3.8) is 0 Å². The quantitative estimate of drug-likeness (QED) is 0.460. The third-order valence-electron chi connectivity index (χ3n) is 0.820. The molecule has 0 aromatic heterocycles. The molecule has 1 unspecified atom stereocenters. The van der Waals surface area contributed by atoms with Gasteiger partial charge < -0.3 is 4.74 Å². The van der Waals surface area contributed by atoms with Crippen LogP contribution in [0.5, 0.6) is 0 Å². The molecule has 0 radical (unpaired) electrons. The second-order valence-corrected chi connectivity index (χ2v) is 2.06. The molecular formula is C6H8ClNO2. The van der Waals surface area contributed by atoms with E-state index in [4.69, 9.17) is 16.9 Å². The van der Waals surface area contributed by atoms with E-state index in [-0.39, 0.29) is 18.4 Å². The predicted molar refractivity (Wildman–Crippen MR) is 36.5 cm³/mol. The van der Waals surface area contributed by atoms with E-state index >= 15 is 0 Å². The number of esters is 1. The zero-order valence-electron chi connectivity index (χ0n) is 5.63. The van der Waals surface area contributed by atoms with Crippen LogP contribution < -0.4 is 0 Å². The topological polar surface area (TPSA) is 50.1 Å². The Morgan fingerprint density at radius 3 is 2.90 bits per heavy atom. The van der Waals surface area contributed by atoms with E-state index in [0.29, 0.717) is 0 Å². The number of hydrogen-bond donors (Lipinski definition) is 0. The van der Waals surface area contributed by atoms with Crippen LogP contribution in [-0.2, 0) is 9.53 Å². The number of rotatable bonds is 3. The number of halogens is 1. The van der Waals surface area contributed by atoms with Gasteiger partial charge in [-0.05, 0) is 6.92 Å². The molecule has 0 fully saturated rings. The van der Waals surface area contributed by atoms with Crippen molar-refractivity contribution in [3.8, 4) is 6.07 Å². The number of hydrogen-bond acceptors (Lipinski definition) is 3. The van der Waals surface area contributed by atoms with Crippen molar-refractivity contribution < 1.29 is 9.53 Å². The highest BCUT2D eigenvalue weighted by atomic mass is 35.5. The molecule has 0 N–H and O–H groups in total. The smallest absolute Gasteiger partial charge is 0.321 e. The van der Waals surface area contributed by atoms with Crippen LogP contribution >= 0.6 is 11.6 Å². The van der Waals surface area contributed by atoms with E-state index in [9.17, 15) is 4.79 Å². The van der Waals surface area contributed by atoms with Crippen molar-refractivity contribution in [3.05, 3.63) is 0 Å². The molecule has 56 valence electrons. The number of carbonyl (C=O) groups is 1. The normalized spacial score (nSPS) is 11.7. The monoisotopic (exact) mass is 161 g/mol. The summed E-state index contributed by atoms with van der Waals surface area (Å²) >= 11 is 5.14. The van der Waals surface area contributed by atoms with E-state index in [2.05, 4.69) is 4.74 Å². The third-order valence-corrected chi connectivity index (χ3v) is 1.04. The Labute approximate surface area is 64.5 Å². The summed E-state index contributed by atoms with van der Waals surface area (Å²) in [4.78, 5) is 10.4. The molecule has 0 saturated heterocycles. The Morgan fingerprint density at radius 1 is 1.90 bits per heavy atom. The summed E-state index contributed by atoms with van der Waals surface area (Å²) in [5.41, 5.74) is 0. The minimum Gasteiger partial charge on any atom is -0.461 e. The molecule has 0 bridgehead atoms. The largest absolute Gasteiger partial charge is 0.461 e. The molecule has 0 aromatic rings. The van der Waals surface area contributed by atoms with Gasteiger partial charge in [0.05, 0.1) is 12.5 Å². The van der Waals surface area contributed by atoms with Gasteiger partial charge in [0.2, 0.25) is 0 Å². The number of alkyl halides is 1. The van der Waals surface area contributed by atoms with Crippen molar-refractivity contribution in [2.24, 2.45) is 0 Å². The average molecular weight is 162 g/mol. The average Bonchev–Trinajstić information content (AvgIpc) is 1.88. The number of carbonyl (C=O) groups excluding carboxylic acids is 1. The van der Waals surface area contributed by atoms with E-state index in [0.717, 1.165) is 0 Å². The lowest BCUT2D eigenvalue weighted by molar-refractivity contribution is -0.144. The minimum atomic E-state index is -0.482. The second-order valence-electron chi connectivity index (χ2n) is 1.80. The molecule has 1 atom stereocenters. The molecule has 0 aliphatic carbocycles. The maximum atomic E-state index is 10.4. The summed E-state index contributed by atoms with van der Waals surface area (Å²) in [5, 5.41) is 8.15. The lowest BCUT2D eigenvalue weighted by atomic mass is 10.3. The maximum Gasteiger partial charge on any atom is 0.321 e. The lowest BCUT2D eigenvalue weighted by Gasteiger charge is -2.06. The molecule has 4 heteroatoms. The number of nitrogens with zero attached hydrogens (tertiary/aromatic N) is 1. The highest BCUT2D eigenvalue weighted by Crippen LogP contribution is 1.96. The Hall–Kier alpha value is -0.750. The van der Waals surface area contributed by atoms with Gasteiger partial charge in [0.15, 0.2) is 0 Å². The Balaban J connectivity index is 3.49. The van der Waals surface area contributed by atoms with Crippen LogP contribution in [0.25, 0.3) is 0 Å². The third kappa shape index (κ3) is 4.16. The van der Waals surface area contributed by atoms with E-state index in [1.54, 1.807) is 6.92 Å². The fraction of sp³-hybridized carbons (Fsp3) is 0.667. The van der Waals surface area contributed by atoms with Gasteiger partial charge in [-0.3, -0.25) is 4.79 Å².